The lowest BCUT2D eigenvalue weighted by Crippen LogP contribution is -2.34. The van der Waals surface area contributed by atoms with Gasteiger partial charge < -0.3 is 9.80 Å². The van der Waals surface area contributed by atoms with Gasteiger partial charge in [0, 0.05) is 25.2 Å². The molecule has 1 aliphatic rings. The molecule has 110 valence electrons. The maximum Gasteiger partial charge on any atom is 0.228 e. The number of nitrogens with zero attached hydrogens (tertiary/aromatic N) is 2. The molecule has 3 heteroatoms. The predicted molar refractivity (Wildman–Crippen MR) is 84.1 cm³/mol. The smallest absolute Gasteiger partial charge is 0.228 e. The van der Waals surface area contributed by atoms with Crippen molar-refractivity contribution in [3.63, 3.8) is 0 Å². The van der Waals surface area contributed by atoms with Crippen molar-refractivity contribution in [2.24, 2.45) is 0 Å². The molecule has 1 aliphatic heterocycles. The fourth-order valence-electron chi connectivity index (χ4n) is 2.95. The summed E-state index contributed by atoms with van der Waals surface area (Å²) in [5, 5.41) is 0. The maximum absolute atomic E-state index is 12.4. The summed E-state index contributed by atoms with van der Waals surface area (Å²) in [6, 6.07) is 8.26. The molecule has 0 spiro atoms. The van der Waals surface area contributed by atoms with Crippen LogP contribution in [0.15, 0.2) is 24.3 Å². The van der Waals surface area contributed by atoms with E-state index in [9.17, 15) is 4.79 Å². The van der Waals surface area contributed by atoms with Crippen molar-refractivity contribution in [1.29, 1.82) is 0 Å². The van der Waals surface area contributed by atoms with E-state index in [4.69, 9.17) is 0 Å². The second kappa shape index (κ2) is 7.44. The Hall–Kier alpha value is -1.35. The first kappa shape index (κ1) is 15.0. The van der Waals surface area contributed by atoms with Crippen LogP contribution in [0, 0.1) is 0 Å². The minimum Gasteiger partial charge on any atom is -0.312 e. The Kier molecular flexibility index (Phi) is 5.60. The maximum atomic E-state index is 12.4. The van der Waals surface area contributed by atoms with Gasteiger partial charge >= 0.3 is 0 Å². The number of carbonyl (C=O) groups excluding carboxylic acids is 1. The molecule has 3 nitrogen and oxygen atoms in total. The van der Waals surface area contributed by atoms with E-state index in [2.05, 4.69) is 36.9 Å². The third-order valence-corrected chi connectivity index (χ3v) is 3.91. The molecule has 0 bridgehead atoms. The van der Waals surface area contributed by atoms with Crippen molar-refractivity contribution >= 4 is 11.6 Å². The normalized spacial score (nSPS) is 13.8. The zero-order chi connectivity index (χ0) is 14.4. The average molecular weight is 274 g/mol. The van der Waals surface area contributed by atoms with Gasteiger partial charge in [-0.15, -0.1) is 0 Å². The fourth-order valence-corrected chi connectivity index (χ4v) is 2.95. The highest BCUT2D eigenvalue weighted by atomic mass is 16.2. The molecule has 1 aromatic carbocycles. The zero-order valence-electron chi connectivity index (χ0n) is 12.8. The molecule has 0 unspecified atom stereocenters. The van der Waals surface area contributed by atoms with Gasteiger partial charge in [-0.3, -0.25) is 4.79 Å². The van der Waals surface area contributed by atoms with Crippen LogP contribution < -0.4 is 4.90 Å². The summed E-state index contributed by atoms with van der Waals surface area (Å²) in [4.78, 5) is 16.8. The highest BCUT2D eigenvalue weighted by Crippen LogP contribution is 2.27. The van der Waals surface area contributed by atoms with E-state index in [1.54, 1.807) is 0 Å². The van der Waals surface area contributed by atoms with E-state index in [-0.39, 0.29) is 5.91 Å². The number of anilines is 1. The molecule has 0 fully saturated rings. The van der Waals surface area contributed by atoms with Crippen molar-refractivity contribution < 1.29 is 4.79 Å². The number of rotatable bonds is 7. The third-order valence-electron chi connectivity index (χ3n) is 3.91. The van der Waals surface area contributed by atoms with Crippen LogP contribution in [0.1, 0.15) is 38.7 Å². The lowest BCUT2D eigenvalue weighted by atomic mass is 10.2. The number of amides is 1. The lowest BCUT2D eigenvalue weighted by Gasteiger charge is -2.23. The Balaban J connectivity index is 1.89. The summed E-state index contributed by atoms with van der Waals surface area (Å²) in [7, 11) is 0. The van der Waals surface area contributed by atoms with E-state index in [0.717, 1.165) is 51.1 Å². The number of benzene rings is 1. The molecule has 0 N–H and O–H groups in total. The summed E-state index contributed by atoms with van der Waals surface area (Å²) in [6.07, 6.45) is 3.94. The van der Waals surface area contributed by atoms with Gasteiger partial charge in [0.2, 0.25) is 5.91 Å². The average Bonchev–Trinajstić information content (AvgIpc) is 2.89. The second-order valence-corrected chi connectivity index (χ2v) is 5.52. The Morgan fingerprint density at radius 3 is 2.55 bits per heavy atom. The van der Waals surface area contributed by atoms with Crippen molar-refractivity contribution in [3.8, 4) is 0 Å². The predicted octanol–water partition coefficient (Wildman–Crippen LogP) is 3.09. The first-order valence-corrected chi connectivity index (χ1v) is 7.86. The molecule has 1 aromatic rings. The zero-order valence-corrected chi connectivity index (χ0v) is 12.8. The minimum absolute atomic E-state index is 0.271. The number of carbonyl (C=O) groups is 1. The van der Waals surface area contributed by atoms with Gasteiger partial charge in [0.25, 0.3) is 0 Å². The number of fused-ring (bicyclic) bond motifs is 1. The molecule has 0 saturated carbocycles. The highest BCUT2D eigenvalue weighted by Gasteiger charge is 2.23. The number of hydrogen-bond acceptors (Lipinski definition) is 2. The largest absolute Gasteiger partial charge is 0.312 e. The summed E-state index contributed by atoms with van der Waals surface area (Å²) in [5.41, 5.74) is 2.43. The van der Waals surface area contributed by atoms with Crippen LogP contribution in [-0.2, 0) is 11.2 Å². The Morgan fingerprint density at radius 1 is 1.15 bits per heavy atom. The van der Waals surface area contributed by atoms with Gasteiger partial charge in [-0.25, -0.2) is 0 Å². The first-order chi connectivity index (χ1) is 9.76. The Morgan fingerprint density at radius 2 is 1.85 bits per heavy atom. The van der Waals surface area contributed by atoms with Crippen LogP contribution in [0.4, 0.5) is 5.69 Å². The van der Waals surface area contributed by atoms with Crippen molar-refractivity contribution in [2.45, 2.75) is 39.5 Å². The molecule has 0 aromatic heterocycles. The van der Waals surface area contributed by atoms with Crippen LogP contribution in [0.2, 0.25) is 0 Å². The summed E-state index contributed by atoms with van der Waals surface area (Å²) >= 11 is 0. The van der Waals surface area contributed by atoms with E-state index < -0.39 is 0 Å². The first-order valence-electron chi connectivity index (χ1n) is 7.86. The quantitative estimate of drug-likeness (QED) is 0.763. The summed E-state index contributed by atoms with van der Waals surface area (Å²) in [6.45, 7) is 8.32. The third kappa shape index (κ3) is 3.60. The fraction of sp³-hybridized carbons (Fsp3) is 0.588. The van der Waals surface area contributed by atoms with Crippen LogP contribution >= 0.6 is 0 Å². The van der Waals surface area contributed by atoms with Crippen LogP contribution in [0.5, 0.6) is 0 Å². The molecule has 2 rings (SSSR count). The van der Waals surface area contributed by atoms with Crippen LogP contribution in [0.25, 0.3) is 0 Å². The van der Waals surface area contributed by atoms with Gasteiger partial charge in [-0.1, -0.05) is 32.0 Å². The summed E-state index contributed by atoms with van der Waals surface area (Å²) < 4.78 is 0. The van der Waals surface area contributed by atoms with Crippen molar-refractivity contribution in [3.05, 3.63) is 29.8 Å². The van der Waals surface area contributed by atoms with E-state index in [1.165, 1.54) is 5.56 Å². The Labute approximate surface area is 122 Å². The van der Waals surface area contributed by atoms with Gasteiger partial charge in [0.15, 0.2) is 0 Å². The molecule has 20 heavy (non-hydrogen) atoms. The molecule has 1 amide bonds. The van der Waals surface area contributed by atoms with Gasteiger partial charge in [-0.2, -0.15) is 0 Å². The number of hydrogen-bond donors (Lipinski definition) is 0. The topological polar surface area (TPSA) is 23.6 Å². The molecule has 1 heterocycles. The molecular weight excluding hydrogens is 248 g/mol. The van der Waals surface area contributed by atoms with Crippen LogP contribution in [-0.4, -0.2) is 37.0 Å². The molecule has 0 aliphatic carbocycles. The molecular formula is C17H26N2O. The lowest BCUT2D eigenvalue weighted by molar-refractivity contribution is -0.118. The van der Waals surface area contributed by atoms with Gasteiger partial charge in [0.1, 0.15) is 0 Å². The summed E-state index contributed by atoms with van der Waals surface area (Å²) in [5.74, 6) is 0.271. The molecule has 0 atom stereocenters. The molecule has 0 radical (unpaired) electrons. The Bertz CT molecular complexity index is 438. The monoisotopic (exact) mass is 274 g/mol. The van der Waals surface area contributed by atoms with Crippen LogP contribution in [0.3, 0.4) is 0 Å². The van der Waals surface area contributed by atoms with E-state index in [1.807, 2.05) is 11.0 Å². The minimum atomic E-state index is 0.271. The van der Waals surface area contributed by atoms with Gasteiger partial charge in [-0.05, 0) is 44.0 Å². The van der Waals surface area contributed by atoms with E-state index in [0.29, 0.717) is 6.42 Å². The SMILES string of the molecule is CCCN(CCC)CCC(=O)N1CCc2ccccc21. The standard InChI is InChI=1S/C17H26N2O/c1-3-11-18(12-4-2)13-10-17(20)19-14-9-15-7-5-6-8-16(15)19/h5-8H,3-4,9-14H2,1-2H3. The highest BCUT2D eigenvalue weighted by molar-refractivity contribution is 5.95. The van der Waals surface area contributed by atoms with Gasteiger partial charge in [0.05, 0.1) is 0 Å². The van der Waals surface area contributed by atoms with Crippen molar-refractivity contribution in [1.82, 2.24) is 4.90 Å². The van der Waals surface area contributed by atoms with Crippen molar-refractivity contribution in [2.75, 3.05) is 31.1 Å². The van der Waals surface area contributed by atoms with E-state index >= 15 is 0 Å². The molecule has 0 saturated heterocycles. The second-order valence-electron chi connectivity index (χ2n) is 5.52. The number of para-hydroxylation sites is 1.